The van der Waals surface area contributed by atoms with Crippen molar-refractivity contribution in [3.63, 3.8) is 0 Å². The van der Waals surface area contributed by atoms with Crippen LogP contribution >= 0.6 is 11.6 Å². The van der Waals surface area contributed by atoms with Crippen molar-refractivity contribution < 1.29 is 18.0 Å². The second-order valence-electron chi connectivity index (χ2n) is 9.54. The number of hydrogen-bond donors (Lipinski definition) is 1. The number of nitrogens with zero attached hydrogens (tertiary/aromatic N) is 2. The largest absolute Gasteiger partial charge is 0.355 e. The Hall–Kier alpha value is -3.36. The van der Waals surface area contributed by atoms with Crippen molar-refractivity contribution >= 4 is 39.1 Å². The van der Waals surface area contributed by atoms with E-state index in [1.165, 1.54) is 17.0 Å². The molecule has 0 unspecified atom stereocenters. The molecule has 0 fully saturated rings. The first kappa shape index (κ1) is 30.2. The van der Waals surface area contributed by atoms with E-state index in [4.69, 9.17) is 11.6 Å². The van der Waals surface area contributed by atoms with Crippen LogP contribution in [0.5, 0.6) is 0 Å². The second kappa shape index (κ2) is 13.1. The fraction of sp³-hybridized carbons (Fsp3) is 0.333. The molecular formula is C30H36ClN3O4S. The number of likely N-dealkylation sites (N-methyl/N-ethyl adjacent to an activating group) is 1. The highest BCUT2D eigenvalue weighted by atomic mass is 35.5. The van der Waals surface area contributed by atoms with Crippen LogP contribution in [-0.2, 0) is 26.2 Å². The van der Waals surface area contributed by atoms with Crippen LogP contribution < -0.4 is 9.62 Å². The number of hydrogen-bond acceptors (Lipinski definition) is 4. The van der Waals surface area contributed by atoms with E-state index in [0.717, 1.165) is 21.0 Å². The molecule has 0 aliphatic rings. The van der Waals surface area contributed by atoms with Gasteiger partial charge in [0.15, 0.2) is 0 Å². The third-order valence-electron chi connectivity index (χ3n) is 6.57. The van der Waals surface area contributed by atoms with Gasteiger partial charge in [-0.05, 0) is 69.5 Å². The Kier molecular flexibility index (Phi) is 10.2. The van der Waals surface area contributed by atoms with Gasteiger partial charge in [0.2, 0.25) is 11.8 Å². The molecule has 0 saturated heterocycles. The standard InChI is InChI=1S/C30H36ClN3O4S/c1-6-27(30(36)32-7-2)33(19-24-11-8-10-22(4)18-24)29(35)20-34(28-13-9-12-26(31)23(28)5)39(37,38)25-16-14-21(3)15-17-25/h8-18,27H,6-7,19-20H2,1-5H3,(H,32,36)/t27-/m0/s1. The summed E-state index contributed by atoms with van der Waals surface area (Å²) in [5.41, 5.74) is 3.61. The molecule has 208 valence electrons. The van der Waals surface area contributed by atoms with Gasteiger partial charge in [-0.3, -0.25) is 13.9 Å². The van der Waals surface area contributed by atoms with Crippen LogP contribution in [0.3, 0.4) is 0 Å². The van der Waals surface area contributed by atoms with Gasteiger partial charge in [-0.25, -0.2) is 8.42 Å². The van der Waals surface area contributed by atoms with Gasteiger partial charge in [0.25, 0.3) is 10.0 Å². The maximum absolute atomic E-state index is 14.1. The number of anilines is 1. The van der Waals surface area contributed by atoms with E-state index in [1.807, 2.05) is 52.0 Å². The first-order valence-electron chi connectivity index (χ1n) is 13.0. The molecular weight excluding hydrogens is 534 g/mol. The molecule has 39 heavy (non-hydrogen) atoms. The molecule has 0 aliphatic carbocycles. The van der Waals surface area contributed by atoms with Crippen molar-refractivity contribution in [2.45, 2.75) is 58.5 Å². The van der Waals surface area contributed by atoms with Crippen LogP contribution in [-0.4, -0.2) is 44.3 Å². The zero-order valence-corrected chi connectivity index (χ0v) is 24.6. The van der Waals surface area contributed by atoms with E-state index in [0.29, 0.717) is 29.2 Å². The molecule has 3 rings (SSSR count). The number of nitrogens with one attached hydrogen (secondary N) is 1. The topological polar surface area (TPSA) is 86.8 Å². The van der Waals surface area contributed by atoms with Crippen LogP contribution in [0.1, 0.15) is 42.5 Å². The van der Waals surface area contributed by atoms with E-state index in [1.54, 1.807) is 37.3 Å². The minimum atomic E-state index is -4.15. The number of amides is 2. The molecule has 0 aromatic heterocycles. The van der Waals surface area contributed by atoms with Gasteiger partial charge in [-0.2, -0.15) is 0 Å². The zero-order valence-electron chi connectivity index (χ0n) is 23.1. The third kappa shape index (κ3) is 7.19. The lowest BCUT2D eigenvalue weighted by atomic mass is 10.1. The van der Waals surface area contributed by atoms with Gasteiger partial charge in [0.05, 0.1) is 10.6 Å². The second-order valence-corrected chi connectivity index (χ2v) is 11.8. The van der Waals surface area contributed by atoms with E-state index < -0.39 is 28.5 Å². The normalized spacial score (nSPS) is 12.1. The summed E-state index contributed by atoms with van der Waals surface area (Å²) >= 11 is 6.38. The molecule has 0 heterocycles. The number of rotatable bonds is 11. The number of aryl methyl sites for hydroxylation is 2. The lowest BCUT2D eigenvalue weighted by Crippen LogP contribution is -2.52. The smallest absolute Gasteiger partial charge is 0.264 e. The molecule has 9 heteroatoms. The summed E-state index contributed by atoms with van der Waals surface area (Å²) in [6, 6.07) is 18.3. The summed E-state index contributed by atoms with van der Waals surface area (Å²) < 4.78 is 29.0. The fourth-order valence-electron chi connectivity index (χ4n) is 4.44. The Bertz CT molecular complexity index is 1420. The quantitative estimate of drug-likeness (QED) is 0.335. The van der Waals surface area contributed by atoms with Gasteiger partial charge in [0.1, 0.15) is 12.6 Å². The Morgan fingerprint density at radius 2 is 1.59 bits per heavy atom. The van der Waals surface area contributed by atoms with Gasteiger partial charge in [-0.1, -0.05) is 72.1 Å². The Morgan fingerprint density at radius 3 is 2.21 bits per heavy atom. The third-order valence-corrected chi connectivity index (χ3v) is 8.75. The minimum Gasteiger partial charge on any atom is -0.355 e. The van der Waals surface area contributed by atoms with Crippen LogP contribution in [0, 0.1) is 20.8 Å². The molecule has 0 saturated carbocycles. The Labute approximate surface area is 236 Å². The molecule has 1 atom stereocenters. The van der Waals surface area contributed by atoms with Crippen molar-refractivity contribution in [2.75, 3.05) is 17.4 Å². The van der Waals surface area contributed by atoms with Crippen LogP contribution in [0.25, 0.3) is 0 Å². The van der Waals surface area contributed by atoms with Gasteiger partial charge < -0.3 is 10.2 Å². The van der Waals surface area contributed by atoms with Gasteiger partial charge in [0, 0.05) is 18.1 Å². The summed E-state index contributed by atoms with van der Waals surface area (Å²) in [5.74, 6) is -0.780. The number of sulfonamides is 1. The molecule has 3 aromatic carbocycles. The van der Waals surface area contributed by atoms with E-state index >= 15 is 0 Å². The summed E-state index contributed by atoms with van der Waals surface area (Å²) in [4.78, 5) is 28.6. The average molecular weight is 570 g/mol. The first-order chi connectivity index (χ1) is 18.5. The van der Waals surface area contributed by atoms with Crippen molar-refractivity contribution in [2.24, 2.45) is 0 Å². The van der Waals surface area contributed by atoms with E-state index in [9.17, 15) is 18.0 Å². The van der Waals surface area contributed by atoms with Crippen molar-refractivity contribution in [3.8, 4) is 0 Å². The fourth-order valence-corrected chi connectivity index (χ4v) is 6.08. The Morgan fingerprint density at radius 1 is 0.923 bits per heavy atom. The summed E-state index contributed by atoms with van der Waals surface area (Å²) in [6.07, 6.45) is 0.365. The number of carbonyl (C=O) groups is 2. The summed E-state index contributed by atoms with van der Waals surface area (Å²) in [7, 11) is -4.15. The average Bonchev–Trinajstić information content (AvgIpc) is 2.89. The summed E-state index contributed by atoms with van der Waals surface area (Å²) in [6.45, 7) is 9.25. The van der Waals surface area contributed by atoms with Crippen molar-refractivity contribution in [1.29, 1.82) is 0 Å². The van der Waals surface area contributed by atoms with Crippen LogP contribution in [0.2, 0.25) is 5.02 Å². The zero-order chi connectivity index (χ0) is 28.7. The number of halogens is 1. The van der Waals surface area contributed by atoms with Gasteiger partial charge >= 0.3 is 0 Å². The molecule has 1 N–H and O–H groups in total. The molecule has 0 aliphatic heterocycles. The predicted octanol–water partition coefficient (Wildman–Crippen LogP) is 5.40. The highest BCUT2D eigenvalue weighted by Gasteiger charge is 2.34. The predicted molar refractivity (Wildman–Crippen MR) is 156 cm³/mol. The van der Waals surface area contributed by atoms with Crippen molar-refractivity contribution in [3.05, 3.63) is 94.0 Å². The maximum atomic E-state index is 14.1. The van der Waals surface area contributed by atoms with Gasteiger partial charge in [-0.15, -0.1) is 0 Å². The molecule has 2 amide bonds. The monoisotopic (exact) mass is 569 g/mol. The van der Waals surface area contributed by atoms with Crippen molar-refractivity contribution in [1.82, 2.24) is 10.2 Å². The molecule has 3 aromatic rings. The highest BCUT2D eigenvalue weighted by Crippen LogP contribution is 2.31. The molecule has 7 nitrogen and oxygen atoms in total. The SMILES string of the molecule is CCNC(=O)[C@H](CC)N(Cc1cccc(C)c1)C(=O)CN(c1cccc(Cl)c1C)S(=O)(=O)c1ccc(C)cc1. The first-order valence-corrected chi connectivity index (χ1v) is 14.8. The Balaban J connectivity index is 2.11. The minimum absolute atomic E-state index is 0.0567. The van der Waals surface area contributed by atoms with E-state index in [2.05, 4.69) is 5.32 Å². The number of benzene rings is 3. The number of carbonyl (C=O) groups excluding carboxylic acids is 2. The lowest BCUT2D eigenvalue weighted by Gasteiger charge is -2.33. The maximum Gasteiger partial charge on any atom is 0.264 e. The summed E-state index contributed by atoms with van der Waals surface area (Å²) in [5, 5.41) is 3.19. The molecule has 0 spiro atoms. The van der Waals surface area contributed by atoms with Crippen LogP contribution in [0.15, 0.2) is 71.6 Å². The molecule has 0 bridgehead atoms. The van der Waals surface area contributed by atoms with E-state index in [-0.39, 0.29) is 17.3 Å². The highest BCUT2D eigenvalue weighted by molar-refractivity contribution is 7.92. The van der Waals surface area contributed by atoms with Crippen LogP contribution in [0.4, 0.5) is 5.69 Å². The lowest BCUT2D eigenvalue weighted by molar-refractivity contribution is -0.140. The molecule has 0 radical (unpaired) electrons.